The van der Waals surface area contributed by atoms with E-state index in [9.17, 15) is 13.2 Å². The monoisotopic (exact) mass is 348 g/mol. The van der Waals surface area contributed by atoms with Gasteiger partial charge in [-0.1, -0.05) is 12.1 Å². The van der Waals surface area contributed by atoms with Gasteiger partial charge in [0.25, 0.3) is 0 Å². The molecular weight excluding hydrogens is 329 g/mol. The summed E-state index contributed by atoms with van der Waals surface area (Å²) in [5, 5.41) is 18.2. The zero-order valence-electron chi connectivity index (χ0n) is 13.6. The van der Waals surface area contributed by atoms with Crippen LogP contribution in [-0.2, 0) is 24.1 Å². The van der Waals surface area contributed by atoms with Crippen molar-refractivity contribution < 1.29 is 27.6 Å². The maximum atomic E-state index is 10.6. The Morgan fingerprint density at radius 2 is 1.88 bits per heavy atom. The standard InChI is InChI=1S/C12H18N4O.C2HF3O2/c1-4-5-11-13-12(17-16-11)7-6-10-8(2)14-15-9(10)3;3-2(4,5)1(6)7/h4-7H2,1-3H3,(H,14,15);(H,6,7). The van der Waals surface area contributed by atoms with Crippen molar-refractivity contribution in [2.24, 2.45) is 0 Å². The molecule has 0 aliphatic heterocycles. The molecule has 0 saturated carbocycles. The molecule has 0 aliphatic carbocycles. The molecule has 7 nitrogen and oxygen atoms in total. The Bertz CT molecular complexity index is 645. The number of hydrogen-bond acceptors (Lipinski definition) is 5. The predicted molar refractivity (Wildman–Crippen MR) is 77.5 cm³/mol. The molecular formula is C14H19F3N4O3. The number of rotatable bonds is 5. The van der Waals surface area contributed by atoms with Gasteiger partial charge in [-0.15, -0.1) is 0 Å². The van der Waals surface area contributed by atoms with E-state index in [0.717, 1.165) is 42.9 Å². The van der Waals surface area contributed by atoms with Gasteiger partial charge in [-0.2, -0.15) is 23.3 Å². The van der Waals surface area contributed by atoms with Crippen LogP contribution < -0.4 is 0 Å². The molecule has 0 unspecified atom stereocenters. The van der Waals surface area contributed by atoms with Crippen molar-refractivity contribution in [3.8, 4) is 0 Å². The zero-order valence-corrected chi connectivity index (χ0v) is 13.6. The van der Waals surface area contributed by atoms with Gasteiger partial charge < -0.3 is 9.63 Å². The number of halogens is 3. The molecule has 2 N–H and O–H groups in total. The molecule has 2 aromatic rings. The molecule has 10 heteroatoms. The van der Waals surface area contributed by atoms with Gasteiger partial charge in [0.15, 0.2) is 5.82 Å². The Morgan fingerprint density at radius 1 is 1.25 bits per heavy atom. The Kier molecular flexibility index (Phi) is 6.93. The average molecular weight is 348 g/mol. The number of nitrogens with zero attached hydrogens (tertiary/aromatic N) is 3. The molecule has 0 saturated heterocycles. The summed E-state index contributed by atoms with van der Waals surface area (Å²) < 4.78 is 36.9. The summed E-state index contributed by atoms with van der Waals surface area (Å²) in [7, 11) is 0. The minimum atomic E-state index is -5.08. The number of aromatic amines is 1. The topological polar surface area (TPSA) is 105 Å². The Labute approximate surface area is 136 Å². The molecule has 0 radical (unpaired) electrons. The number of hydrogen-bond donors (Lipinski definition) is 2. The highest BCUT2D eigenvalue weighted by Crippen LogP contribution is 2.13. The fourth-order valence-corrected chi connectivity index (χ4v) is 1.89. The highest BCUT2D eigenvalue weighted by molar-refractivity contribution is 5.73. The average Bonchev–Trinajstić information content (AvgIpc) is 3.05. The second-order valence-corrected chi connectivity index (χ2v) is 5.07. The largest absolute Gasteiger partial charge is 0.490 e. The smallest absolute Gasteiger partial charge is 0.475 e. The number of aromatic nitrogens is 4. The van der Waals surface area contributed by atoms with Crippen LogP contribution in [0.3, 0.4) is 0 Å². The van der Waals surface area contributed by atoms with E-state index >= 15 is 0 Å². The summed E-state index contributed by atoms with van der Waals surface area (Å²) in [6.45, 7) is 6.15. The highest BCUT2D eigenvalue weighted by Gasteiger charge is 2.38. The first-order chi connectivity index (χ1) is 11.1. The molecule has 0 bridgehead atoms. The molecule has 2 rings (SSSR count). The van der Waals surface area contributed by atoms with Crippen LogP contribution in [0, 0.1) is 13.8 Å². The maximum absolute atomic E-state index is 10.6. The summed E-state index contributed by atoms with van der Waals surface area (Å²) in [5.41, 5.74) is 3.42. The molecule has 0 aromatic carbocycles. The number of carbonyl (C=O) groups is 1. The lowest BCUT2D eigenvalue weighted by molar-refractivity contribution is -0.192. The third-order valence-corrected chi connectivity index (χ3v) is 3.10. The van der Waals surface area contributed by atoms with Crippen LogP contribution in [0.5, 0.6) is 0 Å². The van der Waals surface area contributed by atoms with Gasteiger partial charge in [0.1, 0.15) is 0 Å². The third kappa shape index (κ3) is 6.01. The number of nitrogens with one attached hydrogen (secondary N) is 1. The van der Waals surface area contributed by atoms with Crippen molar-refractivity contribution in [3.63, 3.8) is 0 Å². The summed E-state index contributed by atoms with van der Waals surface area (Å²) in [6.07, 6.45) is -1.49. The molecule has 24 heavy (non-hydrogen) atoms. The highest BCUT2D eigenvalue weighted by atomic mass is 19.4. The molecule has 0 amide bonds. The van der Waals surface area contributed by atoms with Crippen molar-refractivity contribution >= 4 is 5.97 Å². The quantitative estimate of drug-likeness (QED) is 0.861. The maximum Gasteiger partial charge on any atom is 0.490 e. The van der Waals surface area contributed by atoms with Gasteiger partial charge in [0.05, 0.1) is 5.69 Å². The Morgan fingerprint density at radius 3 is 2.33 bits per heavy atom. The van der Waals surface area contributed by atoms with Crippen LogP contribution in [-0.4, -0.2) is 37.6 Å². The summed E-state index contributed by atoms with van der Waals surface area (Å²) in [4.78, 5) is 13.2. The zero-order chi connectivity index (χ0) is 18.3. The normalized spacial score (nSPS) is 11.1. The third-order valence-electron chi connectivity index (χ3n) is 3.10. The van der Waals surface area contributed by atoms with E-state index in [1.165, 1.54) is 5.56 Å². The van der Waals surface area contributed by atoms with E-state index in [0.29, 0.717) is 5.89 Å². The molecule has 134 valence electrons. The van der Waals surface area contributed by atoms with E-state index in [1.807, 2.05) is 13.8 Å². The Hall–Kier alpha value is -2.39. The fourth-order valence-electron chi connectivity index (χ4n) is 1.89. The van der Waals surface area contributed by atoms with Crippen molar-refractivity contribution in [1.29, 1.82) is 0 Å². The van der Waals surface area contributed by atoms with Crippen LogP contribution in [0.4, 0.5) is 13.2 Å². The lowest BCUT2D eigenvalue weighted by Gasteiger charge is -1.97. The van der Waals surface area contributed by atoms with E-state index in [-0.39, 0.29) is 0 Å². The van der Waals surface area contributed by atoms with Crippen molar-refractivity contribution in [3.05, 3.63) is 28.7 Å². The van der Waals surface area contributed by atoms with Gasteiger partial charge in [0, 0.05) is 18.5 Å². The van der Waals surface area contributed by atoms with E-state index < -0.39 is 12.1 Å². The van der Waals surface area contributed by atoms with E-state index in [4.69, 9.17) is 14.4 Å². The van der Waals surface area contributed by atoms with Gasteiger partial charge in [-0.3, -0.25) is 5.10 Å². The number of alkyl halides is 3. The molecule has 2 aromatic heterocycles. The second-order valence-electron chi connectivity index (χ2n) is 5.07. The second kappa shape index (κ2) is 8.46. The molecule has 2 heterocycles. The number of carboxylic acid groups (broad SMARTS) is 1. The minimum Gasteiger partial charge on any atom is -0.475 e. The minimum absolute atomic E-state index is 0.716. The number of aliphatic carboxylic acids is 1. The number of aryl methyl sites for hydroxylation is 4. The first-order valence-electron chi connectivity index (χ1n) is 7.27. The van der Waals surface area contributed by atoms with Crippen LogP contribution in [0.25, 0.3) is 0 Å². The molecule has 0 spiro atoms. The van der Waals surface area contributed by atoms with Gasteiger partial charge >= 0.3 is 12.1 Å². The van der Waals surface area contributed by atoms with Gasteiger partial charge in [-0.05, 0) is 32.3 Å². The van der Waals surface area contributed by atoms with Crippen LogP contribution in [0.2, 0.25) is 0 Å². The number of H-pyrrole nitrogens is 1. The van der Waals surface area contributed by atoms with Crippen LogP contribution in [0.1, 0.15) is 42.0 Å². The first-order valence-corrected chi connectivity index (χ1v) is 7.27. The molecule has 0 aliphatic rings. The lowest BCUT2D eigenvalue weighted by Crippen LogP contribution is -2.21. The van der Waals surface area contributed by atoms with Gasteiger partial charge in [0.2, 0.25) is 5.89 Å². The van der Waals surface area contributed by atoms with E-state index in [2.05, 4.69) is 27.3 Å². The van der Waals surface area contributed by atoms with Crippen LogP contribution in [0.15, 0.2) is 4.52 Å². The van der Waals surface area contributed by atoms with Crippen molar-refractivity contribution in [2.45, 2.75) is 52.6 Å². The van der Waals surface area contributed by atoms with E-state index in [1.54, 1.807) is 0 Å². The molecule has 0 atom stereocenters. The SMILES string of the molecule is CCCc1noc(CCc2c(C)n[nH]c2C)n1.O=C(O)C(F)(F)F. The number of carboxylic acids is 1. The van der Waals surface area contributed by atoms with Gasteiger partial charge in [-0.25, -0.2) is 4.79 Å². The molecule has 0 fully saturated rings. The van der Waals surface area contributed by atoms with Crippen LogP contribution >= 0.6 is 0 Å². The summed E-state index contributed by atoms with van der Waals surface area (Å²) in [5.74, 6) is -1.23. The fraction of sp³-hybridized carbons (Fsp3) is 0.571. The lowest BCUT2D eigenvalue weighted by atomic mass is 10.1. The predicted octanol–water partition coefficient (Wildman–Crippen LogP) is 2.78. The summed E-state index contributed by atoms with van der Waals surface area (Å²) in [6, 6.07) is 0. The van der Waals surface area contributed by atoms with Crippen molar-refractivity contribution in [1.82, 2.24) is 20.3 Å². The van der Waals surface area contributed by atoms with Crippen molar-refractivity contribution in [2.75, 3.05) is 0 Å². The summed E-state index contributed by atoms with van der Waals surface area (Å²) >= 11 is 0. The Balaban J connectivity index is 0.000000351. The first kappa shape index (κ1) is 19.7.